The third-order valence-electron chi connectivity index (χ3n) is 3.92. The lowest BCUT2D eigenvalue weighted by molar-refractivity contribution is 0.208. The molecule has 2 aromatic rings. The number of nitrogens with zero attached hydrogens (tertiary/aromatic N) is 3. The van der Waals surface area contributed by atoms with Crippen LogP contribution in [0, 0.1) is 0 Å². The SMILES string of the molecule is CCC(C)(CCO)NC(=O)Nc1ccccc1Cn1cncn1. The number of hydrogen-bond donors (Lipinski definition) is 3. The first kappa shape index (κ1) is 17.0. The van der Waals surface area contributed by atoms with Gasteiger partial charge in [0.1, 0.15) is 12.7 Å². The second kappa shape index (κ2) is 7.73. The number of benzene rings is 1. The van der Waals surface area contributed by atoms with Gasteiger partial charge >= 0.3 is 6.03 Å². The number of carbonyl (C=O) groups is 1. The summed E-state index contributed by atoms with van der Waals surface area (Å²) in [4.78, 5) is 16.2. The van der Waals surface area contributed by atoms with Crippen LogP contribution in [0.1, 0.15) is 32.3 Å². The maximum atomic E-state index is 12.3. The summed E-state index contributed by atoms with van der Waals surface area (Å²) in [5, 5.41) is 19.0. The van der Waals surface area contributed by atoms with Crippen molar-refractivity contribution in [3.63, 3.8) is 0 Å². The highest BCUT2D eigenvalue weighted by atomic mass is 16.3. The van der Waals surface area contributed by atoms with Crippen LogP contribution in [0.25, 0.3) is 0 Å². The van der Waals surface area contributed by atoms with Crippen LogP contribution >= 0.6 is 0 Å². The van der Waals surface area contributed by atoms with E-state index in [4.69, 9.17) is 5.11 Å². The van der Waals surface area contributed by atoms with Gasteiger partial charge in [-0.15, -0.1) is 0 Å². The van der Waals surface area contributed by atoms with Crippen molar-refractivity contribution < 1.29 is 9.90 Å². The van der Waals surface area contributed by atoms with Crippen molar-refractivity contribution >= 4 is 11.7 Å². The van der Waals surface area contributed by atoms with E-state index in [1.54, 1.807) is 11.0 Å². The van der Waals surface area contributed by atoms with Gasteiger partial charge in [0, 0.05) is 17.8 Å². The quantitative estimate of drug-likeness (QED) is 0.728. The fourth-order valence-electron chi connectivity index (χ4n) is 2.27. The summed E-state index contributed by atoms with van der Waals surface area (Å²) in [6.45, 7) is 4.46. The van der Waals surface area contributed by atoms with Crippen LogP contribution < -0.4 is 10.6 Å². The Morgan fingerprint density at radius 2 is 2.17 bits per heavy atom. The maximum absolute atomic E-state index is 12.3. The van der Waals surface area contributed by atoms with Gasteiger partial charge in [-0.1, -0.05) is 25.1 Å². The molecule has 0 fully saturated rings. The number of carbonyl (C=O) groups excluding carboxylic acids is 1. The third-order valence-corrected chi connectivity index (χ3v) is 3.92. The van der Waals surface area contributed by atoms with Gasteiger partial charge in [-0.3, -0.25) is 0 Å². The number of para-hydroxylation sites is 1. The molecule has 1 heterocycles. The van der Waals surface area contributed by atoms with Gasteiger partial charge in [0.25, 0.3) is 0 Å². The molecule has 1 unspecified atom stereocenters. The molecule has 1 aromatic heterocycles. The van der Waals surface area contributed by atoms with Crippen LogP contribution in [0.4, 0.5) is 10.5 Å². The van der Waals surface area contributed by atoms with Gasteiger partial charge in [0.05, 0.1) is 6.54 Å². The number of hydrogen-bond acceptors (Lipinski definition) is 4. The molecule has 0 aliphatic heterocycles. The molecule has 0 bridgehead atoms. The zero-order chi connectivity index (χ0) is 16.7. The molecule has 0 radical (unpaired) electrons. The van der Waals surface area contributed by atoms with Crippen molar-refractivity contribution in [1.29, 1.82) is 0 Å². The maximum Gasteiger partial charge on any atom is 0.319 e. The molecule has 2 rings (SSSR count). The van der Waals surface area contributed by atoms with Crippen LogP contribution in [0.2, 0.25) is 0 Å². The predicted octanol–water partition coefficient (Wildman–Crippen LogP) is 2.00. The number of aliphatic hydroxyl groups is 1. The van der Waals surface area contributed by atoms with E-state index in [0.29, 0.717) is 13.0 Å². The second-order valence-corrected chi connectivity index (χ2v) is 5.72. The standard InChI is InChI=1S/C16H23N5O2/c1-3-16(2,8-9-22)20-15(23)19-14-7-5-4-6-13(14)10-21-12-17-11-18-21/h4-7,11-12,22H,3,8-10H2,1-2H3,(H2,19,20,23). The van der Waals surface area contributed by atoms with Crippen molar-refractivity contribution in [2.24, 2.45) is 0 Å². The number of nitrogens with one attached hydrogen (secondary N) is 2. The Morgan fingerprint density at radius 1 is 1.39 bits per heavy atom. The number of amides is 2. The monoisotopic (exact) mass is 317 g/mol. The summed E-state index contributed by atoms with van der Waals surface area (Å²) in [7, 11) is 0. The zero-order valence-corrected chi connectivity index (χ0v) is 13.5. The molecule has 0 aliphatic rings. The first-order valence-corrected chi connectivity index (χ1v) is 7.66. The molecule has 1 atom stereocenters. The molecule has 7 heteroatoms. The summed E-state index contributed by atoms with van der Waals surface area (Å²) in [5.41, 5.74) is 1.23. The summed E-state index contributed by atoms with van der Waals surface area (Å²) >= 11 is 0. The average Bonchev–Trinajstić information content (AvgIpc) is 3.02. The van der Waals surface area contributed by atoms with Gasteiger partial charge in [-0.25, -0.2) is 14.5 Å². The summed E-state index contributed by atoms with van der Waals surface area (Å²) in [5.74, 6) is 0. The molecule has 0 saturated carbocycles. The van der Waals surface area contributed by atoms with E-state index in [-0.39, 0.29) is 12.6 Å². The Labute approximate surface area is 135 Å². The van der Waals surface area contributed by atoms with Gasteiger partial charge in [-0.05, 0) is 31.4 Å². The molecule has 2 amide bonds. The van der Waals surface area contributed by atoms with E-state index in [0.717, 1.165) is 17.7 Å². The van der Waals surface area contributed by atoms with E-state index in [9.17, 15) is 4.79 Å². The fraction of sp³-hybridized carbons (Fsp3) is 0.438. The normalized spacial score (nSPS) is 13.3. The third kappa shape index (κ3) is 4.79. The van der Waals surface area contributed by atoms with Crippen molar-refractivity contribution in [2.75, 3.05) is 11.9 Å². The molecule has 1 aromatic carbocycles. The lowest BCUT2D eigenvalue weighted by Crippen LogP contribution is -2.48. The van der Waals surface area contributed by atoms with Crippen LogP contribution in [0.5, 0.6) is 0 Å². The molecular formula is C16H23N5O2. The highest BCUT2D eigenvalue weighted by molar-refractivity contribution is 5.90. The van der Waals surface area contributed by atoms with Crippen LogP contribution in [0.3, 0.4) is 0 Å². The molecule has 3 N–H and O–H groups in total. The minimum Gasteiger partial charge on any atom is -0.396 e. The van der Waals surface area contributed by atoms with Crippen LogP contribution in [-0.4, -0.2) is 38.0 Å². The van der Waals surface area contributed by atoms with Crippen LogP contribution in [0.15, 0.2) is 36.9 Å². The molecule has 0 aliphatic carbocycles. The minimum atomic E-state index is -0.431. The molecule has 23 heavy (non-hydrogen) atoms. The number of rotatable bonds is 7. The summed E-state index contributed by atoms with van der Waals surface area (Å²) in [6, 6.07) is 7.28. The smallest absolute Gasteiger partial charge is 0.319 e. The molecular weight excluding hydrogens is 294 g/mol. The average molecular weight is 317 g/mol. The first-order chi connectivity index (χ1) is 11.1. The largest absolute Gasteiger partial charge is 0.396 e. The van der Waals surface area contributed by atoms with E-state index in [1.165, 1.54) is 6.33 Å². The van der Waals surface area contributed by atoms with E-state index >= 15 is 0 Å². The highest BCUT2D eigenvalue weighted by Gasteiger charge is 2.23. The van der Waals surface area contributed by atoms with Gasteiger partial charge in [0.2, 0.25) is 0 Å². The molecule has 0 saturated heterocycles. The van der Waals surface area contributed by atoms with E-state index < -0.39 is 5.54 Å². The number of urea groups is 1. The van der Waals surface area contributed by atoms with Crippen molar-refractivity contribution in [1.82, 2.24) is 20.1 Å². The number of aliphatic hydroxyl groups excluding tert-OH is 1. The van der Waals surface area contributed by atoms with Crippen molar-refractivity contribution in [3.8, 4) is 0 Å². The van der Waals surface area contributed by atoms with E-state index in [2.05, 4.69) is 20.7 Å². The molecule has 0 spiro atoms. The molecule has 7 nitrogen and oxygen atoms in total. The zero-order valence-electron chi connectivity index (χ0n) is 13.5. The van der Waals surface area contributed by atoms with Gasteiger partial charge in [-0.2, -0.15) is 5.10 Å². The minimum absolute atomic E-state index is 0.0352. The second-order valence-electron chi connectivity index (χ2n) is 5.72. The Kier molecular flexibility index (Phi) is 5.70. The Balaban J connectivity index is 2.06. The Bertz CT molecular complexity index is 629. The lowest BCUT2D eigenvalue weighted by atomic mass is 9.95. The first-order valence-electron chi connectivity index (χ1n) is 7.66. The Morgan fingerprint density at radius 3 is 2.83 bits per heavy atom. The van der Waals surface area contributed by atoms with Crippen LogP contribution in [-0.2, 0) is 6.54 Å². The summed E-state index contributed by atoms with van der Waals surface area (Å²) in [6.07, 6.45) is 4.36. The fourth-order valence-corrected chi connectivity index (χ4v) is 2.27. The van der Waals surface area contributed by atoms with E-state index in [1.807, 2.05) is 38.1 Å². The van der Waals surface area contributed by atoms with Crippen molar-refractivity contribution in [3.05, 3.63) is 42.5 Å². The number of aromatic nitrogens is 3. The lowest BCUT2D eigenvalue weighted by Gasteiger charge is -2.29. The summed E-state index contributed by atoms with van der Waals surface area (Å²) < 4.78 is 1.69. The van der Waals surface area contributed by atoms with Gasteiger partial charge in [0.15, 0.2) is 0 Å². The Hall–Kier alpha value is -2.41. The topological polar surface area (TPSA) is 92.1 Å². The van der Waals surface area contributed by atoms with Crippen molar-refractivity contribution in [2.45, 2.75) is 38.8 Å². The van der Waals surface area contributed by atoms with Gasteiger partial charge < -0.3 is 15.7 Å². The highest BCUT2D eigenvalue weighted by Crippen LogP contribution is 2.18. The predicted molar refractivity (Wildman–Crippen MR) is 88.1 cm³/mol. The number of anilines is 1. The molecule has 124 valence electrons.